The first-order chi connectivity index (χ1) is 10.2. The number of carbonyl (C=O) groups is 1. The monoisotopic (exact) mass is 285 g/mol. The molecule has 0 amide bonds. The molecule has 4 heteroatoms. The van der Waals surface area contributed by atoms with Crippen molar-refractivity contribution in [1.29, 1.82) is 0 Å². The molecular weight excluding hydrogens is 266 g/mol. The summed E-state index contributed by atoms with van der Waals surface area (Å²) in [6.45, 7) is 0.531. The fourth-order valence-electron chi connectivity index (χ4n) is 2.05. The quantitative estimate of drug-likeness (QED) is 0.503. The molecule has 0 saturated heterocycles. The third kappa shape index (κ3) is 4.24. The number of carbonyl (C=O) groups excluding carboxylic acids is 1. The molecule has 2 aromatic carbocycles. The number of ether oxygens (including phenoxy) is 2. The minimum atomic E-state index is -0.444. The molecule has 0 heterocycles. The van der Waals surface area contributed by atoms with E-state index in [1.165, 1.54) is 12.7 Å². The minimum absolute atomic E-state index is 0.359. The molecule has 0 aliphatic heterocycles. The van der Waals surface area contributed by atoms with E-state index in [-0.39, 0.29) is 0 Å². The largest absolute Gasteiger partial charge is 0.493 e. The van der Waals surface area contributed by atoms with E-state index in [1.807, 2.05) is 18.2 Å². The van der Waals surface area contributed by atoms with Gasteiger partial charge in [0.05, 0.1) is 13.7 Å². The topological polar surface area (TPSA) is 61.5 Å². The van der Waals surface area contributed by atoms with Crippen LogP contribution in [0.5, 0.6) is 5.75 Å². The summed E-state index contributed by atoms with van der Waals surface area (Å²) in [5.74, 6) is 0.0597. The Labute approximate surface area is 124 Å². The first-order valence-corrected chi connectivity index (χ1v) is 6.85. The molecule has 0 radical (unpaired) electrons. The zero-order chi connectivity index (χ0) is 15.1. The highest BCUT2D eigenvalue weighted by molar-refractivity contribution is 5.93. The summed E-state index contributed by atoms with van der Waals surface area (Å²) in [4.78, 5) is 11.7. The molecule has 0 spiro atoms. The van der Waals surface area contributed by atoms with E-state index in [9.17, 15) is 4.79 Å². The second kappa shape index (κ2) is 7.33. The van der Waals surface area contributed by atoms with Crippen molar-refractivity contribution in [3.63, 3.8) is 0 Å². The van der Waals surface area contributed by atoms with E-state index < -0.39 is 5.97 Å². The van der Waals surface area contributed by atoms with Gasteiger partial charge in [-0.25, -0.2) is 4.79 Å². The van der Waals surface area contributed by atoms with Gasteiger partial charge in [-0.2, -0.15) is 0 Å². The van der Waals surface area contributed by atoms with Crippen molar-refractivity contribution in [2.24, 2.45) is 0 Å². The molecular formula is C17H19NO3. The van der Waals surface area contributed by atoms with Crippen molar-refractivity contribution >= 4 is 11.7 Å². The Bertz CT molecular complexity index is 596. The van der Waals surface area contributed by atoms with Crippen LogP contribution in [0.3, 0.4) is 0 Å². The average Bonchev–Trinajstić information content (AvgIpc) is 2.53. The van der Waals surface area contributed by atoms with E-state index in [0.717, 1.165) is 12.8 Å². The fraction of sp³-hybridized carbons (Fsp3) is 0.235. The summed E-state index contributed by atoms with van der Waals surface area (Å²) in [6.07, 6.45) is 1.80. The Morgan fingerprint density at radius 2 is 1.90 bits per heavy atom. The highest BCUT2D eigenvalue weighted by Gasteiger charge is 2.13. The molecule has 0 saturated carbocycles. The molecule has 0 aromatic heterocycles. The molecule has 0 bridgehead atoms. The van der Waals surface area contributed by atoms with Gasteiger partial charge in [-0.15, -0.1) is 0 Å². The van der Waals surface area contributed by atoms with E-state index in [0.29, 0.717) is 23.6 Å². The minimum Gasteiger partial charge on any atom is -0.493 e. The van der Waals surface area contributed by atoms with Crippen molar-refractivity contribution in [1.82, 2.24) is 0 Å². The Hall–Kier alpha value is -2.49. The van der Waals surface area contributed by atoms with Gasteiger partial charge in [-0.3, -0.25) is 0 Å². The normalized spacial score (nSPS) is 10.1. The maximum atomic E-state index is 11.7. The number of aryl methyl sites for hydroxylation is 1. The molecule has 0 aliphatic carbocycles. The Kier molecular flexibility index (Phi) is 5.21. The maximum Gasteiger partial charge on any atom is 0.341 e. The highest BCUT2D eigenvalue weighted by atomic mass is 16.5. The Morgan fingerprint density at radius 1 is 1.14 bits per heavy atom. The number of methoxy groups -OCH3 is 1. The summed E-state index contributed by atoms with van der Waals surface area (Å²) in [7, 11) is 1.34. The summed E-state index contributed by atoms with van der Waals surface area (Å²) in [5, 5.41) is 0. The third-order valence-corrected chi connectivity index (χ3v) is 3.12. The van der Waals surface area contributed by atoms with Crippen molar-refractivity contribution in [3.8, 4) is 5.75 Å². The number of hydrogen-bond donors (Lipinski definition) is 1. The smallest absolute Gasteiger partial charge is 0.341 e. The lowest BCUT2D eigenvalue weighted by Crippen LogP contribution is -2.08. The van der Waals surface area contributed by atoms with Gasteiger partial charge < -0.3 is 15.2 Å². The predicted molar refractivity (Wildman–Crippen MR) is 82.5 cm³/mol. The van der Waals surface area contributed by atoms with Crippen LogP contribution in [-0.2, 0) is 11.2 Å². The van der Waals surface area contributed by atoms with Crippen LogP contribution < -0.4 is 10.5 Å². The van der Waals surface area contributed by atoms with Crippen LogP contribution in [0, 0.1) is 0 Å². The summed E-state index contributed by atoms with van der Waals surface area (Å²) in [5.41, 5.74) is 7.82. The van der Waals surface area contributed by atoms with Crippen LogP contribution in [0.25, 0.3) is 0 Å². The van der Waals surface area contributed by atoms with Crippen LogP contribution in [0.2, 0.25) is 0 Å². The van der Waals surface area contributed by atoms with Gasteiger partial charge in [-0.05, 0) is 36.6 Å². The standard InChI is InChI=1S/C17H19NO3/c1-20-17(19)15-12-14(18)9-10-16(15)21-11-5-8-13-6-3-2-4-7-13/h2-4,6-7,9-10,12H,5,8,11,18H2,1H3. The summed E-state index contributed by atoms with van der Waals surface area (Å²) >= 11 is 0. The van der Waals surface area contributed by atoms with Gasteiger partial charge in [-0.1, -0.05) is 30.3 Å². The van der Waals surface area contributed by atoms with Crippen molar-refractivity contribution < 1.29 is 14.3 Å². The molecule has 4 nitrogen and oxygen atoms in total. The lowest BCUT2D eigenvalue weighted by atomic mass is 10.1. The molecule has 21 heavy (non-hydrogen) atoms. The van der Waals surface area contributed by atoms with Gasteiger partial charge in [0.1, 0.15) is 11.3 Å². The SMILES string of the molecule is COC(=O)c1cc(N)ccc1OCCCc1ccccc1. The number of nitrogens with two attached hydrogens (primary N) is 1. The molecule has 0 atom stereocenters. The first kappa shape index (κ1) is 14.9. The number of anilines is 1. The summed E-state index contributed by atoms with van der Waals surface area (Å²) < 4.78 is 10.4. The van der Waals surface area contributed by atoms with Crippen LogP contribution in [0.4, 0.5) is 5.69 Å². The predicted octanol–water partition coefficient (Wildman–Crippen LogP) is 3.07. The van der Waals surface area contributed by atoms with Crippen molar-refractivity contribution in [3.05, 3.63) is 59.7 Å². The molecule has 2 aromatic rings. The van der Waals surface area contributed by atoms with Crippen molar-refractivity contribution in [2.45, 2.75) is 12.8 Å². The molecule has 0 unspecified atom stereocenters. The first-order valence-electron chi connectivity index (χ1n) is 6.85. The van der Waals surface area contributed by atoms with E-state index in [4.69, 9.17) is 15.2 Å². The van der Waals surface area contributed by atoms with E-state index in [2.05, 4.69) is 12.1 Å². The summed E-state index contributed by atoms with van der Waals surface area (Å²) in [6, 6.07) is 15.2. The Morgan fingerprint density at radius 3 is 2.62 bits per heavy atom. The molecule has 110 valence electrons. The average molecular weight is 285 g/mol. The van der Waals surface area contributed by atoms with Crippen LogP contribution in [0.1, 0.15) is 22.3 Å². The molecule has 0 aliphatic rings. The van der Waals surface area contributed by atoms with E-state index in [1.54, 1.807) is 18.2 Å². The number of nitrogen functional groups attached to an aromatic ring is 1. The fourth-order valence-corrected chi connectivity index (χ4v) is 2.05. The second-order valence-corrected chi connectivity index (χ2v) is 4.68. The van der Waals surface area contributed by atoms with Gasteiger partial charge in [0.2, 0.25) is 0 Å². The molecule has 2 rings (SSSR count). The van der Waals surface area contributed by atoms with Gasteiger partial charge in [0.15, 0.2) is 0 Å². The third-order valence-electron chi connectivity index (χ3n) is 3.12. The zero-order valence-electron chi connectivity index (χ0n) is 12.0. The lowest BCUT2D eigenvalue weighted by molar-refractivity contribution is 0.0596. The number of benzene rings is 2. The second-order valence-electron chi connectivity index (χ2n) is 4.68. The zero-order valence-corrected chi connectivity index (χ0v) is 12.0. The van der Waals surface area contributed by atoms with E-state index >= 15 is 0 Å². The number of hydrogen-bond acceptors (Lipinski definition) is 4. The highest BCUT2D eigenvalue weighted by Crippen LogP contribution is 2.22. The van der Waals surface area contributed by atoms with Gasteiger partial charge >= 0.3 is 5.97 Å². The van der Waals surface area contributed by atoms with Crippen LogP contribution in [-0.4, -0.2) is 19.7 Å². The van der Waals surface area contributed by atoms with Crippen molar-refractivity contribution in [2.75, 3.05) is 19.5 Å². The van der Waals surface area contributed by atoms with Crippen LogP contribution in [0.15, 0.2) is 48.5 Å². The lowest BCUT2D eigenvalue weighted by Gasteiger charge is -2.11. The molecule has 0 fully saturated rings. The Balaban J connectivity index is 1.92. The van der Waals surface area contributed by atoms with Gasteiger partial charge in [0, 0.05) is 5.69 Å². The number of rotatable bonds is 6. The van der Waals surface area contributed by atoms with Gasteiger partial charge in [0.25, 0.3) is 0 Å². The maximum absolute atomic E-state index is 11.7. The number of esters is 1. The molecule has 2 N–H and O–H groups in total. The van der Waals surface area contributed by atoms with Crippen LogP contribution >= 0.6 is 0 Å².